The Balaban J connectivity index is 3.07. The topological polar surface area (TPSA) is 61.0 Å². The number of hydrogen-bond donors (Lipinski definition) is 1. The van der Waals surface area contributed by atoms with E-state index in [-0.39, 0.29) is 5.15 Å². The highest BCUT2D eigenvalue weighted by atomic mass is 35.5. The van der Waals surface area contributed by atoms with Gasteiger partial charge in [0.25, 0.3) is 5.88 Å². The van der Waals surface area contributed by atoms with Gasteiger partial charge in [0.15, 0.2) is 5.15 Å². The van der Waals surface area contributed by atoms with Crippen LogP contribution in [0.2, 0.25) is 5.15 Å². The number of nitrogens with two attached hydrogens (primary N) is 1. The maximum absolute atomic E-state index is 5.46. The van der Waals surface area contributed by atoms with Crippen molar-refractivity contribution in [3.8, 4) is 5.88 Å². The number of hydrogen-bond acceptors (Lipinski definition) is 4. The van der Waals surface area contributed by atoms with Crippen LogP contribution in [0.5, 0.6) is 5.88 Å². The summed E-state index contributed by atoms with van der Waals surface area (Å²) < 4.78 is 4.74. The molecule has 0 spiro atoms. The van der Waals surface area contributed by atoms with Crippen molar-refractivity contribution in [2.24, 2.45) is 0 Å². The number of nitrogen functional groups attached to an aromatic ring is 1. The number of halogens is 1. The minimum atomic E-state index is 0.262. The molecule has 0 radical (unpaired) electrons. The van der Waals surface area contributed by atoms with E-state index in [9.17, 15) is 0 Å². The first-order chi connectivity index (χ1) is 4.74. The van der Waals surface area contributed by atoms with Crippen LogP contribution in [0.1, 0.15) is 0 Å². The molecule has 1 aromatic heterocycles. The quantitative estimate of drug-likeness (QED) is 0.656. The lowest BCUT2D eigenvalue weighted by molar-refractivity contribution is 0.394. The van der Waals surface area contributed by atoms with E-state index >= 15 is 0 Å². The average Bonchev–Trinajstić information content (AvgIpc) is 1.88. The summed E-state index contributed by atoms with van der Waals surface area (Å²) >= 11 is 5.46. The molecule has 0 saturated carbocycles. The Bertz CT molecular complexity index is 240. The van der Waals surface area contributed by atoms with Crippen molar-refractivity contribution in [3.63, 3.8) is 0 Å². The minimum absolute atomic E-state index is 0.262. The van der Waals surface area contributed by atoms with Crippen LogP contribution in [-0.4, -0.2) is 17.3 Å². The summed E-state index contributed by atoms with van der Waals surface area (Å²) in [5.74, 6) is 0.296. The molecule has 1 heterocycles. The molecular weight excluding hydrogens is 154 g/mol. The van der Waals surface area contributed by atoms with E-state index < -0.39 is 0 Å². The standard InChI is InChI=1S/C5H6ClN3O/c1-10-5-3(7)2-4(6)8-9-5/h2H,1H3,(H2,7,8). The lowest BCUT2D eigenvalue weighted by Gasteiger charge is -1.99. The van der Waals surface area contributed by atoms with Crippen molar-refractivity contribution in [2.75, 3.05) is 12.8 Å². The highest BCUT2D eigenvalue weighted by molar-refractivity contribution is 6.29. The van der Waals surface area contributed by atoms with Crippen molar-refractivity contribution in [2.45, 2.75) is 0 Å². The zero-order chi connectivity index (χ0) is 7.56. The van der Waals surface area contributed by atoms with E-state index in [1.807, 2.05) is 0 Å². The normalized spacial score (nSPS) is 9.40. The Morgan fingerprint density at radius 3 is 2.80 bits per heavy atom. The third-order valence-corrected chi connectivity index (χ3v) is 1.14. The van der Waals surface area contributed by atoms with Gasteiger partial charge < -0.3 is 10.5 Å². The Morgan fingerprint density at radius 1 is 1.60 bits per heavy atom. The molecule has 0 saturated heterocycles. The fraction of sp³-hybridized carbons (Fsp3) is 0.200. The van der Waals surface area contributed by atoms with Crippen LogP contribution in [0.25, 0.3) is 0 Å². The second-order valence-corrected chi connectivity index (χ2v) is 2.02. The molecule has 54 valence electrons. The Hall–Kier alpha value is -1.03. The van der Waals surface area contributed by atoms with Crippen LogP contribution in [0.4, 0.5) is 5.69 Å². The summed E-state index contributed by atoms with van der Waals surface area (Å²) in [5.41, 5.74) is 5.81. The number of aromatic nitrogens is 2. The molecule has 0 amide bonds. The Labute approximate surface area is 63.0 Å². The molecule has 2 N–H and O–H groups in total. The zero-order valence-electron chi connectivity index (χ0n) is 5.34. The monoisotopic (exact) mass is 159 g/mol. The first kappa shape index (κ1) is 7.08. The minimum Gasteiger partial charge on any atom is -0.478 e. The molecule has 4 nitrogen and oxygen atoms in total. The molecule has 0 aliphatic carbocycles. The predicted octanol–water partition coefficient (Wildman–Crippen LogP) is 0.721. The Kier molecular flexibility index (Phi) is 1.91. The molecule has 1 rings (SSSR count). The van der Waals surface area contributed by atoms with Gasteiger partial charge in [0.2, 0.25) is 0 Å². The van der Waals surface area contributed by atoms with Crippen LogP contribution < -0.4 is 10.5 Å². The Morgan fingerprint density at radius 2 is 2.30 bits per heavy atom. The van der Waals surface area contributed by atoms with Gasteiger partial charge in [0.05, 0.1) is 12.8 Å². The maximum Gasteiger partial charge on any atom is 0.256 e. The van der Waals surface area contributed by atoms with Crippen molar-refractivity contribution in [3.05, 3.63) is 11.2 Å². The highest BCUT2D eigenvalue weighted by Crippen LogP contribution is 2.18. The molecular formula is C5H6ClN3O. The largest absolute Gasteiger partial charge is 0.478 e. The highest BCUT2D eigenvalue weighted by Gasteiger charge is 2.00. The zero-order valence-corrected chi connectivity index (χ0v) is 6.09. The second-order valence-electron chi connectivity index (χ2n) is 1.63. The van der Waals surface area contributed by atoms with Gasteiger partial charge in [-0.1, -0.05) is 11.6 Å². The number of nitrogens with zero attached hydrogens (tertiary/aromatic N) is 2. The molecule has 5 heteroatoms. The first-order valence-corrected chi connectivity index (χ1v) is 2.94. The van der Waals surface area contributed by atoms with Gasteiger partial charge >= 0.3 is 0 Å². The van der Waals surface area contributed by atoms with Crippen molar-refractivity contribution >= 4 is 17.3 Å². The van der Waals surface area contributed by atoms with E-state index in [2.05, 4.69) is 10.2 Å². The summed E-state index contributed by atoms with van der Waals surface area (Å²) in [4.78, 5) is 0. The van der Waals surface area contributed by atoms with Crippen LogP contribution in [0.15, 0.2) is 6.07 Å². The lowest BCUT2D eigenvalue weighted by atomic mass is 10.5. The molecule has 0 atom stereocenters. The third kappa shape index (κ3) is 1.27. The lowest BCUT2D eigenvalue weighted by Crippen LogP contribution is -1.96. The van der Waals surface area contributed by atoms with Crippen LogP contribution in [0, 0.1) is 0 Å². The first-order valence-electron chi connectivity index (χ1n) is 2.56. The van der Waals surface area contributed by atoms with Gasteiger partial charge in [-0.2, -0.15) is 0 Å². The molecule has 0 unspecified atom stereocenters. The summed E-state index contributed by atoms with van der Waals surface area (Å²) in [7, 11) is 1.47. The van der Waals surface area contributed by atoms with Crippen molar-refractivity contribution in [1.29, 1.82) is 0 Å². The fourth-order valence-electron chi connectivity index (χ4n) is 0.529. The second kappa shape index (κ2) is 2.70. The molecule has 1 aromatic rings. The molecule has 0 aliphatic rings. The van der Waals surface area contributed by atoms with Crippen molar-refractivity contribution in [1.82, 2.24) is 10.2 Å². The molecule has 0 aromatic carbocycles. The van der Waals surface area contributed by atoms with E-state index in [1.165, 1.54) is 13.2 Å². The number of anilines is 1. The average molecular weight is 160 g/mol. The number of rotatable bonds is 1. The van der Waals surface area contributed by atoms with Gasteiger partial charge in [-0.3, -0.25) is 0 Å². The molecule has 0 fully saturated rings. The summed E-state index contributed by atoms with van der Waals surface area (Å²) in [6.07, 6.45) is 0. The predicted molar refractivity (Wildman–Crippen MR) is 38.0 cm³/mol. The SMILES string of the molecule is COc1nnc(Cl)cc1N. The van der Waals surface area contributed by atoms with E-state index in [0.717, 1.165) is 0 Å². The molecule has 0 bridgehead atoms. The maximum atomic E-state index is 5.46. The van der Waals surface area contributed by atoms with Gasteiger partial charge in [0, 0.05) is 6.07 Å². The van der Waals surface area contributed by atoms with Gasteiger partial charge in [-0.05, 0) is 0 Å². The molecule has 0 aliphatic heterocycles. The van der Waals surface area contributed by atoms with Crippen LogP contribution in [0.3, 0.4) is 0 Å². The number of ether oxygens (including phenoxy) is 1. The van der Waals surface area contributed by atoms with Gasteiger partial charge in [-0.15, -0.1) is 10.2 Å². The van der Waals surface area contributed by atoms with E-state index in [0.29, 0.717) is 11.6 Å². The van der Waals surface area contributed by atoms with E-state index in [4.69, 9.17) is 22.1 Å². The van der Waals surface area contributed by atoms with Gasteiger partial charge in [0.1, 0.15) is 0 Å². The van der Waals surface area contributed by atoms with Crippen LogP contribution in [-0.2, 0) is 0 Å². The smallest absolute Gasteiger partial charge is 0.256 e. The summed E-state index contributed by atoms with van der Waals surface area (Å²) in [6.45, 7) is 0. The third-order valence-electron chi connectivity index (χ3n) is 0.951. The van der Waals surface area contributed by atoms with Gasteiger partial charge in [-0.25, -0.2) is 0 Å². The summed E-state index contributed by atoms with van der Waals surface area (Å²) in [6, 6.07) is 1.48. The summed E-state index contributed by atoms with van der Waals surface area (Å²) in [5, 5.41) is 7.35. The fourth-order valence-corrected chi connectivity index (χ4v) is 0.684. The van der Waals surface area contributed by atoms with E-state index in [1.54, 1.807) is 0 Å². The van der Waals surface area contributed by atoms with Crippen molar-refractivity contribution < 1.29 is 4.74 Å². The van der Waals surface area contributed by atoms with Crippen LogP contribution >= 0.6 is 11.6 Å². The molecule has 10 heavy (non-hydrogen) atoms. The number of methoxy groups -OCH3 is 1.